The summed E-state index contributed by atoms with van der Waals surface area (Å²) in [6, 6.07) is 5.86. The van der Waals surface area contributed by atoms with Crippen molar-refractivity contribution in [3.05, 3.63) is 30.0 Å². The summed E-state index contributed by atoms with van der Waals surface area (Å²) >= 11 is 0. The zero-order valence-corrected chi connectivity index (χ0v) is 10.4. The number of ether oxygens (including phenoxy) is 1. The summed E-state index contributed by atoms with van der Waals surface area (Å²) < 4.78 is 5.28. The zero-order chi connectivity index (χ0) is 12.4. The molecule has 0 saturated heterocycles. The Balaban J connectivity index is 2.40. The molecule has 0 saturated carbocycles. The van der Waals surface area contributed by atoms with Gasteiger partial charge in [0.2, 0.25) is 0 Å². The number of aromatic nitrogens is 1. The first-order valence-corrected chi connectivity index (χ1v) is 5.79. The number of carbonyl (C=O) groups is 1. The minimum Gasteiger partial charge on any atom is -0.495 e. The maximum Gasteiger partial charge on any atom is 0.142 e. The number of methoxy groups -OCH3 is 1. The lowest BCUT2D eigenvalue weighted by Crippen LogP contribution is -2.09. The van der Waals surface area contributed by atoms with Gasteiger partial charge >= 0.3 is 0 Å². The molecule has 1 aromatic heterocycles. The van der Waals surface area contributed by atoms with Gasteiger partial charge in [0.15, 0.2) is 0 Å². The first-order chi connectivity index (χ1) is 8.13. The number of hydrogen-bond acceptors (Lipinski definition) is 2. The van der Waals surface area contributed by atoms with Gasteiger partial charge in [-0.25, -0.2) is 0 Å². The van der Waals surface area contributed by atoms with Gasteiger partial charge in [-0.15, -0.1) is 0 Å². The minimum absolute atomic E-state index is 0.0746. The van der Waals surface area contributed by atoms with Crippen LogP contribution in [0.5, 0.6) is 5.75 Å². The van der Waals surface area contributed by atoms with Crippen molar-refractivity contribution in [2.24, 2.45) is 5.92 Å². The highest BCUT2D eigenvalue weighted by atomic mass is 16.5. The summed E-state index contributed by atoms with van der Waals surface area (Å²) in [4.78, 5) is 14.9. The Morgan fingerprint density at radius 1 is 1.41 bits per heavy atom. The lowest BCUT2D eigenvalue weighted by Gasteiger charge is -2.04. The van der Waals surface area contributed by atoms with Gasteiger partial charge in [-0.1, -0.05) is 26.0 Å². The third-order valence-corrected chi connectivity index (χ3v) is 2.99. The Kier molecular flexibility index (Phi) is 3.18. The summed E-state index contributed by atoms with van der Waals surface area (Å²) in [5.41, 5.74) is 2.00. The van der Waals surface area contributed by atoms with Crippen molar-refractivity contribution in [3.63, 3.8) is 0 Å². The van der Waals surface area contributed by atoms with E-state index in [1.165, 1.54) is 0 Å². The molecule has 0 unspecified atom stereocenters. The average Bonchev–Trinajstić information content (AvgIpc) is 2.72. The van der Waals surface area contributed by atoms with Crippen LogP contribution in [-0.4, -0.2) is 17.9 Å². The second-order valence-corrected chi connectivity index (χ2v) is 4.49. The van der Waals surface area contributed by atoms with E-state index in [0.717, 1.165) is 22.2 Å². The molecule has 90 valence electrons. The monoisotopic (exact) mass is 231 g/mol. The van der Waals surface area contributed by atoms with Gasteiger partial charge in [0.25, 0.3) is 0 Å². The second-order valence-electron chi connectivity index (χ2n) is 4.49. The van der Waals surface area contributed by atoms with Gasteiger partial charge in [-0.3, -0.25) is 4.79 Å². The molecule has 0 atom stereocenters. The van der Waals surface area contributed by atoms with E-state index in [0.29, 0.717) is 6.42 Å². The predicted octanol–water partition coefficient (Wildman–Crippen LogP) is 2.94. The Morgan fingerprint density at radius 3 is 2.82 bits per heavy atom. The van der Waals surface area contributed by atoms with Crippen LogP contribution in [0.15, 0.2) is 24.4 Å². The molecule has 0 radical (unpaired) electrons. The van der Waals surface area contributed by atoms with Crippen molar-refractivity contribution in [2.45, 2.75) is 20.3 Å². The fourth-order valence-electron chi connectivity index (χ4n) is 1.89. The van der Waals surface area contributed by atoms with E-state index in [1.807, 2.05) is 38.2 Å². The standard InChI is InChI=1S/C14H17NO2/c1-9(2)12(16)7-10-8-15-14-11(10)5-4-6-13(14)17-3/h4-6,8-9,15H,7H2,1-3H3. The molecule has 3 nitrogen and oxygen atoms in total. The van der Waals surface area contributed by atoms with Crippen molar-refractivity contribution in [1.82, 2.24) is 4.98 Å². The number of hydrogen-bond donors (Lipinski definition) is 1. The number of benzene rings is 1. The van der Waals surface area contributed by atoms with Gasteiger partial charge in [0, 0.05) is 23.9 Å². The maximum atomic E-state index is 11.8. The van der Waals surface area contributed by atoms with Crippen molar-refractivity contribution >= 4 is 16.7 Å². The van der Waals surface area contributed by atoms with Crippen LogP contribution < -0.4 is 4.74 Å². The van der Waals surface area contributed by atoms with Crippen LogP contribution in [0.1, 0.15) is 19.4 Å². The number of carbonyl (C=O) groups excluding carboxylic acids is 1. The third-order valence-electron chi connectivity index (χ3n) is 2.99. The van der Waals surface area contributed by atoms with E-state index in [2.05, 4.69) is 4.98 Å². The molecule has 0 aliphatic rings. The lowest BCUT2D eigenvalue weighted by molar-refractivity contribution is -0.121. The molecule has 3 heteroatoms. The first-order valence-electron chi connectivity index (χ1n) is 5.79. The maximum absolute atomic E-state index is 11.8. The number of aromatic amines is 1. The van der Waals surface area contributed by atoms with Crippen molar-refractivity contribution in [2.75, 3.05) is 7.11 Å². The Labute approximate surface area is 101 Å². The van der Waals surface area contributed by atoms with Gasteiger partial charge in [-0.2, -0.15) is 0 Å². The fourth-order valence-corrected chi connectivity index (χ4v) is 1.89. The molecule has 0 amide bonds. The summed E-state index contributed by atoms with van der Waals surface area (Å²) in [6.45, 7) is 3.86. The summed E-state index contributed by atoms with van der Waals surface area (Å²) in [6.07, 6.45) is 2.37. The first kappa shape index (κ1) is 11.7. The normalized spacial score (nSPS) is 11.1. The van der Waals surface area contributed by atoms with Gasteiger partial charge in [-0.05, 0) is 11.6 Å². The fraction of sp³-hybridized carbons (Fsp3) is 0.357. The molecule has 1 heterocycles. The number of H-pyrrole nitrogens is 1. The number of fused-ring (bicyclic) bond motifs is 1. The Morgan fingerprint density at radius 2 is 2.18 bits per heavy atom. The van der Waals surface area contributed by atoms with E-state index in [9.17, 15) is 4.79 Å². The molecule has 17 heavy (non-hydrogen) atoms. The highest BCUT2D eigenvalue weighted by Gasteiger charge is 2.13. The molecule has 0 fully saturated rings. The molecular weight excluding hydrogens is 214 g/mol. The summed E-state index contributed by atoms with van der Waals surface area (Å²) in [5, 5.41) is 1.07. The molecule has 0 bridgehead atoms. The second kappa shape index (κ2) is 4.62. The number of nitrogens with one attached hydrogen (secondary N) is 1. The van der Waals surface area contributed by atoms with Gasteiger partial charge < -0.3 is 9.72 Å². The SMILES string of the molecule is COc1cccc2c(CC(=O)C(C)C)c[nH]c12. The van der Waals surface area contributed by atoms with Crippen molar-refractivity contribution in [3.8, 4) is 5.75 Å². The molecule has 0 aliphatic heterocycles. The quantitative estimate of drug-likeness (QED) is 0.879. The van der Waals surface area contributed by atoms with Crippen LogP contribution >= 0.6 is 0 Å². The van der Waals surface area contributed by atoms with E-state index < -0.39 is 0 Å². The Bertz CT molecular complexity index is 540. The topological polar surface area (TPSA) is 42.1 Å². The number of Topliss-reactive ketones (excluding diaryl/α,β-unsaturated/α-hetero) is 1. The van der Waals surface area contributed by atoms with E-state index in [1.54, 1.807) is 7.11 Å². The highest BCUT2D eigenvalue weighted by Crippen LogP contribution is 2.27. The lowest BCUT2D eigenvalue weighted by atomic mass is 10.0. The molecule has 2 rings (SSSR count). The third kappa shape index (κ3) is 2.18. The van der Waals surface area contributed by atoms with E-state index in [-0.39, 0.29) is 11.7 Å². The van der Waals surface area contributed by atoms with Crippen LogP contribution in [0.3, 0.4) is 0 Å². The van der Waals surface area contributed by atoms with Crippen LogP contribution in [0.4, 0.5) is 0 Å². The van der Waals surface area contributed by atoms with Gasteiger partial charge in [0.05, 0.1) is 12.6 Å². The molecule has 0 aliphatic carbocycles. The van der Waals surface area contributed by atoms with Crippen LogP contribution in [0.2, 0.25) is 0 Å². The molecule has 0 spiro atoms. The average molecular weight is 231 g/mol. The van der Waals surface area contributed by atoms with Crippen LogP contribution in [0.25, 0.3) is 10.9 Å². The number of rotatable bonds is 4. The van der Waals surface area contributed by atoms with Gasteiger partial charge in [0.1, 0.15) is 11.5 Å². The molecule has 2 aromatic rings. The predicted molar refractivity (Wildman–Crippen MR) is 68.4 cm³/mol. The minimum atomic E-state index is 0.0746. The highest BCUT2D eigenvalue weighted by molar-refractivity contribution is 5.93. The van der Waals surface area contributed by atoms with Crippen LogP contribution in [0, 0.1) is 5.92 Å². The zero-order valence-electron chi connectivity index (χ0n) is 10.4. The molecular formula is C14H17NO2. The summed E-state index contributed by atoms with van der Waals surface area (Å²) in [5.74, 6) is 1.14. The summed E-state index contributed by atoms with van der Waals surface area (Å²) in [7, 11) is 1.65. The van der Waals surface area contributed by atoms with E-state index in [4.69, 9.17) is 4.74 Å². The number of para-hydroxylation sites is 1. The van der Waals surface area contributed by atoms with Crippen molar-refractivity contribution in [1.29, 1.82) is 0 Å². The molecule has 1 N–H and O–H groups in total. The number of ketones is 1. The Hall–Kier alpha value is -1.77. The largest absolute Gasteiger partial charge is 0.495 e. The smallest absolute Gasteiger partial charge is 0.142 e. The van der Waals surface area contributed by atoms with Crippen LogP contribution in [-0.2, 0) is 11.2 Å². The van der Waals surface area contributed by atoms with E-state index >= 15 is 0 Å². The molecule has 1 aromatic carbocycles. The van der Waals surface area contributed by atoms with Crippen molar-refractivity contribution < 1.29 is 9.53 Å².